The molecule has 1 amide bonds. The zero-order valence-electron chi connectivity index (χ0n) is 16.0. The maximum Gasteiger partial charge on any atom is 0.258 e. The second-order valence-electron chi connectivity index (χ2n) is 6.91. The van der Waals surface area contributed by atoms with Crippen molar-refractivity contribution in [1.82, 2.24) is 9.55 Å². The van der Waals surface area contributed by atoms with E-state index >= 15 is 0 Å². The van der Waals surface area contributed by atoms with Gasteiger partial charge >= 0.3 is 0 Å². The van der Waals surface area contributed by atoms with E-state index in [1.165, 1.54) is 11.8 Å². The van der Waals surface area contributed by atoms with E-state index in [4.69, 9.17) is 16.3 Å². The molecule has 0 unspecified atom stereocenters. The van der Waals surface area contributed by atoms with Gasteiger partial charge in [0.15, 0.2) is 0 Å². The first kappa shape index (κ1) is 19.4. The molecular weight excluding hydrogens is 362 g/mol. The number of amides is 1. The lowest BCUT2D eigenvalue weighted by atomic mass is 10.0. The number of carbonyl (C=O) groups is 1. The number of benzene rings is 1. The van der Waals surface area contributed by atoms with Gasteiger partial charge in [0.05, 0.1) is 17.2 Å². The Morgan fingerprint density at radius 2 is 2.00 bits per heavy atom. The Balaban J connectivity index is 1.88. The summed E-state index contributed by atoms with van der Waals surface area (Å²) in [6.45, 7) is 7.49. The highest BCUT2D eigenvalue weighted by Crippen LogP contribution is 2.30. The number of aromatic nitrogens is 2. The number of nitrogens with one attached hydrogen (secondary N) is 1. The third-order valence-corrected chi connectivity index (χ3v) is 5.02. The number of anilines is 1. The van der Waals surface area contributed by atoms with Gasteiger partial charge in [0, 0.05) is 37.1 Å². The molecule has 2 aromatic heterocycles. The van der Waals surface area contributed by atoms with Crippen molar-refractivity contribution in [3.05, 3.63) is 58.4 Å². The SMILES string of the molecule is COCCn1cc(C)c2c(Cl)c(C(=O)Nc3ccc(C(C)C)cc3)cnc21. The molecule has 27 heavy (non-hydrogen) atoms. The van der Waals surface area contributed by atoms with E-state index in [2.05, 4.69) is 24.1 Å². The number of pyridine rings is 1. The van der Waals surface area contributed by atoms with Gasteiger partial charge in [0.1, 0.15) is 5.65 Å². The molecule has 0 saturated heterocycles. The molecule has 1 aromatic carbocycles. The summed E-state index contributed by atoms with van der Waals surface area (Å²) in [4.78, 5) is 17.2. The number of methoxy groups -OCH3 is 1. The van der Waals surface area contributed by atoms with Crippen molar-refractivity contribution in [1.29, 1.82) is 0 Å². The molecule has 0 aliphatic rings. The number of aryl methyl sites for hydroxylation is 1. The summed E-state index contributed by atoms with van der Waals surface area (Å²) < 4.78 is 7.13. The van der Waals surface area contributed by atoms with Gasteiger partial charge in [-0.1, -0.05) is 37.6 Å². The number of fused-ring (bicyclic) bond motifs is 1. The molecule has 0 fully saturated rings. The molecule has 3 aromatic rings. The molecule has 0 aliphatic carbocycles. The molecule has 3 rings (SSSR count). The van der Waals surface area contributed by atoms with E-state index in [9.17, 15) is 4.79 Å². The van der Waals surface area contributed by atoms with Gasteiger partial charge in [0.2, 0.25) is 0 Å². The van der Waals surface area contributed by atoms with E-state index in [1.807, 2.05) is 42.0 Å². The van der Waals surface area contributed by atoms with Crippen molar-refractivity contribution in [3.63, 3.8) is 0 Å². The Kier molecular flexibility index (Phi) is 5.82. The number of nitrogens with zero attached hydrogens (tertiary/aromatic N) is 2. The van der Waals surface area contributed by atoms with E-state index in [0.29, 0.717) is 29.7 Å². The first-order valence-electron chi connectivity index (χ1n) is 8.96. The second-order valence-corrected chi connectivity index (χ2v) is 7.29. The minimum atomic E-state index is -0.268. The van der Waals surface area contributed by atoms with Crippen molar-refractivity contribution < 1.29 is 9.53 Å². The zero-order valence-corrected chi connectivity index (χ0v) is 16.8. The number of ether oxygens (including phenoxy) is 1. The Morgan fingerprint density at radius 3 is 2.63 bits per heavy atom. The number of halogens is 1. The molecule has 6 heteroatoms. The molecule has 5 nitrogen and oxygen atoms in total. The molecule has 0 spiro atoms. The summed E-state index contributed by atoms with van der Waals surface area (Å²) in [5.74, 6) is 0.177. The van der Waals surface area contributed by atoms with Crippen LogP contribution < -0.4 is 5.32 Å². The average molecular weight is 386 g/mol. The molecule has 142 valence electrons. The smallest absolute Gasteiger partial charge is 0.258 e. The molecule has 0 atom stereocenters. The average Bonchev–Trinajstić information content (AvgIpc) is 2.97. The Bertz CT molecular complexity index is 962. The van der Waals surface area contributed by atoms with Crippen LogP contribution in [0, 0.1) is 6.92 Å². The largest absolute Gasteiger partial charge is 0.383 e. The minimum absolute atomic E-state index is 0.268. The Labute approximate surface area is 164 Å². The van der Waals surface area contributed by atoms with Crippen molar-refractivity contribution in [2.75, 3.05) is 19.0 Å². The Hall–Kier alpha value is -2.37. The molecule has 2 heterocycles. The first-order valence-corrected chi connectivity index (χ1v) is 9.34. The quantitative estimate of drug-likeness (QED) is 0.648. The van der Waals surface area contributed by atoms with Crippen LogP contribution in [0.25, 0.3) is 11.0 Å². The highest BCUT2D eigenvalue weighted by atomic mass is 35.5. The topological polar surface area (TPSA) is 56.1 Å². The van der Waals surface area contributed by atoms with Gasteiger partial charge in [-0.15, -0.1) is 0 Å². The summed E-state index contributed by atoms with van der Waals surface area (Å²) in [7, 11) is 1.66. The fraction of sp³-hybridized carbons (Fsp3) is 0.333. The van der Waals surface area contributed by atoms with Crippen molar-refractivity contribution in [2.24, 2.45) is 0 Å². The third-order valence-electron chi connectivity index (χ3n) is 4.63. The summed E-state index contributed by atoms with van der Waals surface area (Å²) >= 11 is 6.58. The van der Waals surface area contributed by atoms with Gasteiger partial charge in [-0.2, -0.15) is 0 Å². The monoisotopic (exact) mass is 385 g/mol. The van der Waals surface area contributed by atoms with Crippen LogP contribution in [-0.4, -0.2) is 29.2 Å². The van der Waals surface area contributed by atoms with Crippen LogP contribution in [0.1, 0.15) is 41.3 Å². The van der Waals surface area contributed by atoms with Gasteiger partial charge < -0.3 is 14.6 Å². The maximum atomic E-state index is 12.7. The standard InChI is InChI=1S/C21H24ClN3O2/c1-13(2)15-5-7-16(8-6-15)24-21(26)17-11-23-20-18(19(17)22)14(3)12-25(20)9-10-27-4/h5-8,11-13H,9-10H2,1-4H3,(H,24,26). The highest BCUT2D eigenvalue weighted by molar-refractivity contribution is 6.39. The highest BCUT2D eigenvalue weighted by Gasteiger charge is 2.18. The van der Waals surface area contributed by atoms with Crippen LogP contribution >= 0.6 is 11.6 Å². The minimum Gasteiger partial charge on any atom is -0.383 e. The van der Waals surface area contributed by atoms with E-state index in [1.54, 1.807) is 7.11 Å². The Morgan fingerprint density at radius 1 is 1.30 bits per heavy atom. The molecule has 0 saturated carbocycles. The van der Waals surface area contributed by atoms with Crippen LogP contribution in [0.4, 0.5) is 5.69 Å². The number of carbonyl (C=O) groups excluding carboxylic acids is 1. The van der Waals surface area contributed by atoms with Gasteiger partial charge in [-0.25, -0.2) is 4.98 Å². The fourth-order valence-corrected chi connectivity index (χ4v) is 3.44. The van der Waals surface area contributed by atoms with Gasteiger partial charge in [0.25, 0.3) is 5.91 Å². The van der Waals surface area contributed by atoms with E-state index in [0.717, 1.165) is 22.3 Å². The molecule has 0 radical (unpaired) electrons. The van der Waals surface area contributed by atoms with Crippen LogP contribution in [0.15, 0.2) is 36.7 Å². The van der Waals surface area contributed by atoms with Crippen LogP contribution in [0.2, 0.25) is 5.02 Å². The van der Waals surface area contributed by atoms with E-state index in [-0.39, 0.29) is 5.91 Å². The summed E-state index contributed by atoms with van der Waals surface area (Å²) in [5.41, 5.74) is 4.06. The predicted octanol–water partition coefficient (Wildman–Crippen LogP) is 5.02. The first-order chi connectivity index (χ1) is 12.9. The van der Waals surface area contributed by atoms with Crippen molar-refractivity contribution >= 4 is 34.2 Å². The van der Waals surface area contributed by atoms with Gasteiger partial charge in [-0.3, -0.25) is 4.79 Å². The lowest BCUT2D eigenvalue weighted by Crippen LogP contribution is -2.13. The molecular formula is C21H24ClN3O2. The fourth-order valence-electron chi connectivity index (χ4n) is 3.07. The van der Waals surface area contributed by atoms with Crippen LogP contribution in [0.3, 0.4) is 0 Å². The van der Waals surface area contributed by atoms with Crippen molar-refractivity contribution in [2.45, 2.75) is 33.2 Å². The number of hydrogen-bond donors (Lipinski definition) is 1. The maximum absolute atomic E-state index is 12.7. The van der Waals surface area contributed by atoms with Crippen LogP contribution in [-0.2, 0) is 11.3 Å². The normalized spacial score (nSPS) is 11.3. The molecule has 1 N–H and O–H groups in total. The van der Waals surface area contributed by atoms with Crippen molar-refractivity contribution in [3.8, 4) is 0 Å². The zero-order chi connectivity index (χ0) is 19.6. The lowest BCUT2D eigenvalue weighted by molar-refractivity contribution is 0.102. The second kappa shape index (κ2) is 8.11. The lowest BCUT2D eigenvalue weighted by Gasteiger charge is -2.10. The number of rotatable bonds is 6. The molecule has 0 bridgehead atoms. The summed E-state index contributed by atoms with van der Waals surface area (Å²) in [6, 6.07) is 7.84. The number of hydrogen-bond acceptors (Lipinski definition) is 3. The van der Waals surface area contributed by atoms with Crippen LogP contribution in [0.5, 0.6) is 0 Å². The summed E-state index contributed by atoms with van der Waals surface area (Å²) in [5, 5.41) is 4.12. The third kappa shape index (κ3) is 3.99. The van der Waals surface area contributed by atoms with E-state index < -0.39 is 0 Å². The molecule has 0 aliphatic heterocycles. The predicted molar refractivity (Wildman–Crippen MR) is 110 cm³/mol. The van der Waals surface area contributed by atoms with Gasteiger partial charge in [-0.05, 0) is 36.1 Å². The summed E-state index contributed by atoms with van der Waals surface area (Å²) in [6.07, 6.45) is 3.51.